The van der Waals surface area contributed by atoms with Gasteiger partial charge in [-0.3, -0.25) is 9.59 Å². The first kappa shape index (κ1) is 31.5. The smallest absolute Gasteiger partial charge is 0.303 e. The van der Waals surface area contributed by atoms with E-state index in [0.717, 1.165) is 36.6 Å². The van der Waals surface area contributed by atoms with E-state index in [0.29, 0.717) is 25.5 Å². The summed E-state index contributed by atoms with van der Waals surface area (Å²) in [6, 6.07) is 10.5. The third kappa shape index (κ3) is 9.56. The van der Waals surface area contributed by atoms with Gasteiger partial charge >= 0.3 is 5.97 Å². The van der Waals surface area contributed by atoms with E-state index in [-0.39, 0.29) is 30.6 Å². The molecule has 0 amide bonds. The summed E-state index contributed by atoms with van der Waals surface area (Å²) >= 11 is 0. The van der Waals surface area contributed by atoms with Crippen molar-refractivity contribution in [3.05, 3.63) is 70.8 Å². The molecule has 0 saturated carbocycles. The minimum absolute atomic E-state index is 0.0755. The SMILES string of the molecule is CCCCS(=O)(=O)CC(C=O)(OC(C)=O)C(Cc1cc(F)cc(F)c1)C(O)CNCc1cccc(CC)c1. The van der Waals surface area contributed by atoms with Crippen LogP contribution in [0.3, 0.4) is 0 Å². The number of benzene rings is 2. The van der Waals surface area contributed by atoms with E-state index in [1.54, 1.807) is 0 Å². The molecule has 2 rings (SSSR count). The van der Waals surface area contributed by atoms with Crippen molar-refractivity contribution in [3.8, 4) is 0 Å². The fourth-order valence-electron chi connectivity index (χ4n) is 4.49. The van der Waals surface area contributed by atoms with E-state index in [4.69, 9.17) is 4.74 Å². The van der Waals surface area contributed by atoms with Crippen LogP contribution in [0.25, 0.3) is 0 Å². The highest BCUT2D eigenvalue weighted by Crippen LogP contribution is 2.31. The van der Waals surface area contributed by atoms with Gasteiger partial charge in [-0.25, -0.2) is 17.2 Å². The van der Waals surface area contributed by atoms with Gasteiger partial charge in [0.15, 0.2) is 21.7 Å². The van der Waals surface area contributed by atoms with Crippen LogP contribution in [-0.2, 0) is 43.5 Å². The van der Waals surface area contributed by atoms with Crippen molar-refractivity contribution >= 4 is 22.1 Å². The Labute approximate surface area is 223 Å². The largest absolute Gasteiger partial charge is 0.450 e. The molecule has 2 aromatic carbocycles. The van der Waals surface area contributed by atoms with Gasteiger partial charge < -0.3 is 15.2 Å². The van der Waals surface area contributed by atoms with Crippen molar-refractivity contribution < 1.29 is 36.6 Å². The quantitative estimate of drug-likeness (QED) is 0.242. The number of esters is 1. The maximum Gasteiger partial charge on any atom is 0.303 e. The van der Waals surface area contributed by atoms with E-state index in [1.165, 1.54) is 0 Å². The summed E-state index contributed by atoms with van der Waals surface area (Å²) in [5, 5.41) is 14.3. The van der Waals surface area contributed by atoms with Crippen LogP contribution in [0, 0.1) is 17.6 Å². The molecule has 2 aromatic rings. The average molecular weight is 554 g/mol. The number of rotatable bonds is 16. The molecule has 0 aliphatic heterocycles. The number of halogens is 2. The molecule has 0 fully saturated rings. The predicted molar refractivity (Wildman–Crippen MR) is 141 cm³/mol. The van der Waals surface area contributed by atoms with Gasteiger partial charge in [-0.15, -0.1) is 0 Å². The number of carbonyl (C=O) groups excluding carboxylic acids is 2. The lowest BCUT2D eigenvalue weighted by molar-refractivity contribution is -0.168. The van der Waals surface area contributed by atoms with Crippen molar-refractivity contribution in [1.29, 1.82) is 0 Å². The van der Waals surface area contributed by atoms with Gasteiger partial charge in [0, 0.05) is 32.0 Å². The zero-order valence-corrected chi connectivity index (χ0v) is 22.9. The number of aryl methyl sites for hydroxylation is 1. The average Bonchev–Trinajstić information content (AvgIpc) is 2.84. The van der Waals surface area contributed by atoms with Gasteiger partial charge in [0.1, 0.15) is 11.6 Å². The Morgan fingerprint density at radius 3 is 2.34 bits per heavy atom. The number of hydrogen-bond donors (Lipinski definition) is 2. The summed E-state index contributed by atoms with van der Waals surface area (Å²) in [4.78, 5) is 24.6. The summed E-state index contributed by atoms with van der Waals surface area (Å²) in [6.45, 7) is 5.12. The number of ether oxygens (including phenoxy) is 1. The summed E-state index contributed by atoms with van der Waals surface area (Å²) in [7, 11) is -3.91. The lowest BCUT2D eigenvalue weighted by Gasteiger charge is -2.38. The third-order valence-electron chi connectivity index (χ3n) is 6.34. The lowest BCUT2D eigenvalue weighted by atomic mass is 9.80. The molecule has 0 aliphatic carbocycles. The molecule has 0 bridgehead atoms. The fourth-order valence-corrected chi connectivity index (χ4v) is 6.39. The Balaban J connectivity index is 2.43. The topological polar surface area (TPSA) is 110 Å². The van der Waals surface area contributed by atoms with Crippen LogP contribution in [0.2, 0.25) is 0 Å². The second-order valence-electron chi connectivity index (χ2n) is 9.57. The van der Waals surface area contributed by atoms with Crippen LogP contribution >= 0.6 is 0 Å². The van der Waals surface area contributed by atoms with Gasteiger partial charge in [0.2, 0.25) is 0 Å². The van der Waals surface area contributed by atoms with E-state index < -0.39 is 50.8 Å². The third-order valence-corrected chi connectivity index (χ3v) is 8.14. The second-order valence-corrected chi connectivity index (χ2v) is 11.8. The number of sulfone groups is 1. The van der Waals surface area contributed by atoms with Crippen LogP contribution < -0.4 is 5.32 Å². The van der Waals surface area contributed by atoms with E-state index in [1.807, 2.05) is 38.1 Å². The summed E-state index contributed by atoms with van der Waals surface area (Å²) in [6.07, 6.45) is 0.238. The number of aldehydes is 1. The predicted octanol–water partition coefficient (Wildman–Crippen LogP) is 3.55. The lowest BCUT2D eigenvalue weighted by Crippen LogP contribution is -2.56. The van der Waals surface area contributed by atoms with Crippen molar-refractivity contribution in [1.82, 2.24) is 5.32 Å². The van der Waals surface area contributed by atoms with Gasteiger partial charge in [0.25, 0.3) is 0 Å². The molecule has 0 aromatic heterocycles. The van der Waals surface area contributed by atoms with E-state index >= 15 is 0 Å². The number of unbranched alkanes of at least 4 members (excludes halogenated alkanes) is 1. The number of hydrogen-bond acceptors (Lipinski definition) is 7. The fraction of sp³-hybridized carbons (Fsp3) is 0.500. The molecule has 38 heavy (non-hydrogen) atoms. The molecule has 0 aliphatic rings. The molecule has 0 radical (unpaired) electrons. The maximum atomic E-state index is 14.0. The number of carbonyl (C=O) groups is 2. The summed E-state index contributed by atoms with van der Waals surface area (Å²) in [5.74, 6) is -5.10. The minimum atomic E-state index is -3.91. The Bertz CT molecular complexity index is 1170. The van der Waals surface area contributed by atoms with Crippen LogP contribution in [0.15, 0.2) is 42.5 Å². The standard InChI is InChI=1S/C28H37F2NO6S/c1-4-6-10-38(35,36)19-28(18-32,37-20(3)33)26(14-23-12-24(29)15-25(30)13-23)27(34)17-31-16-22-9-7-8-21(5-2)11-22/h7-9,11-13,15,18,26-27,31,34H,4-6,10,14,16-17,19H2,1-3H3. The number of aliphatic hydroxyl groups excluding tert-OH is 1. The van der Waals surface area contributed by atoms with Gasteiger partial charge in [-0.2, -0.15) is 0 Å². The van der Waals surface area contributed by atoms with Gasteiger partial charge in [-0.1, -0.05) is 44.5 Å². The molecule has 3 atom stereocenters. The monoisotopic (exact) mass is 553 g/mol. The molecule has 7 nitrogen and oxygen atoms in total. The Morgan fingerprint density at radius 2 is 1.76 bits per heavy atom. The summed E-state index contributed by atoms with van der Waals surface area (Å²) in [5.41, 5.74) is -0.122. The molecular weight excluding hydrogens is 516 g/mol. The second kappa shape index (κ2) is 14.5. The molecule has 0 heterocycles. The van der Waals surface area contributed by atoms with Crippen molar-refractivity contribution in [3.63, 3.8) is 0 Å². The minimum Gasteiger partial charge on any atom is -0.450 e. The first-order valence-corrected chi connectivity index (χ1v) is 14.5. The van der Waals surface area contributed by atoms with Crippen molar-refractivity contribution in [2.45, 2.75) is 64.7 Å². The molecule has 210 valence electrons. The van der Waals surface area contributed by atoms with Crippen molar-refractivity contribution in [2.24, 2.45) is 5.92 Å². The molecule has 0 spiro atoms. The first-order chi connectivity index (χ1) is 17.9. The van der Waals surface area contributed by atoms with Crippen LogP contribution in [0.4, 0.5) is 8.78 Å². The molecular formula is C28H37F2NO6S. The van der Waals surface area contributed by atoms with Crippen LogP contribution in [-0.4, -0.2) is 55.5 Å². The number of nitrogens with one attached hydrogen (secondary N) is 1. The number of aliphatic hydroxyl groups is 1. The molecule has 3 unspecified atom stereocenters. The van der Waals surface area contributed by atoms with Crippen molar-refractivity contribution in [2.75, 3.05) is 18.1 Å². The van der Waals surface area contributed by atoms with Gasteiger partial charge in [-0.05, 0) is 48.1 Å². The van der Waals surface area contributed by atoms with E-state index in [2.05, 4.69) is 5.32 Å². The zero-order chi connectivity index (χ0) is 28.3. The normalized spacial score (nSPS) is 14.9. The molecule has 0 saturated heterocycles. The zero-order valence-electron chi connectivity index (χ0n) is 22.1. The molecule has 2 N–H and O–H groups in total. The van der Waals surface area contributed by atoms with E-state index in [9.17, 15) is 31.9 Å². The summed E-state index contributed by atoms with van der Waals surface area (Å²) < 4.78 is 59.1. The Morgan fingerprint density at radius 1 is 1.11 bits per heavy atom. The Hall–Kier alpha value is -2.69. The maximum absolute atomic E-state index is 14.0. The van der Waals surface area contributed by atoms with Crippen LogP contribution in [0.1, 0.15) is 50.3 Å². The first-order valence-electron chi connectivity index (χ1n) is 12.7. The van der Waals surface area contributed by atoms with Gasteiger partial charge in [0.05, 0.1) is 17.6 Å². The highest BCUT2D eigenvalue weighted by molar-refractivity contribution is 7.91. The molecule has 10 heteroatoms. The Kier molecular flexibility index (Phi) is 12.0. The van der Waals surface area contributed by atoms with Crippen LogP contribution in [0.5, 0.6) is 0 Å². The highest BCUT2D eigenvalue weighted by atomic mass is 32.2. The highest BCUT2D eigenvalue weighted by Gasteiger charge is 2.48.